The van der Waals surface area contributed by atoms with Crippen LogP contribution in [0.3, 0.4) is 0 Å². The summed E-state index contributed by atoms with van der Waals surface area (Å²) in [6, 6.07) is 4.39. The molecule has 2 aliphatic rings. The van der Waals surface area contributed by atoms with Gasteiger partial charge in [-0.2, -0.15) is 11.8 Å². The zero-order chi connectivity index (χ0) is 12.4. The summed E-state index contributed by atoms with van der Waals surface area (Å²) in [7, 11) is 0. The van der Waals surface area contributed by atoms with Gasteiger partial charge in [-0.3, -0.25) is 4.98 Å². The molecule has 1 aromatic rings. The van der Waals surface area contributed by atoms with Gasteiger partial charge < -0.3 is 4.90 Å². The van der Waals surface area contributed by atoms with E-state index >= 15 is 0 Å². The molecule has 0 radical (unpaired) electrons. The molecular formula is C15H22N2S. The van der Waals surface area contributed by atoms with Gasteiger partial charge in [-0.25, -0.2) is 0 Å². The van der Waals surface area contributed by atoms with Crippen molar-refractivity contribution >= 4 is 17.4 Å². The van der Waals surface area contributed by atoms with Gasteiger partial charge in [0.05, 0.1) is 0 Å². The van der Waals surface area contributed by atoms with Crippen molar-refractivity contribution in [3.63, 3.8) is 0 Å². The van der Waals surface area contributed by atoms with E-state index in [4.69, 9.17) is 0 Å². The van der Waals surface area contributed by atoms with Gasteiger partial charge in [-0.05, 0) is 31.9 Å². The van der Waals surface area contributed by atoms with Crippen molar-refractivity contribution in [3.8, 4) is 0 Å². The van der Waals surface area contributed by atoms with Gasteiger partial charge in [0.2, 0.25) is 0 Å². The van der Waals surface area contributed by atoms with Gasteiger partial charge in [0.15, 0.2) is 0 Å². The van der Waals surface area contributed by atoms with Crippen LogP contribution < -0.4 is 4.90 Å². The van der Waals surface area contributed by atoms with Crippen LogP contribution in [-0.2, 0) is 0 Å². The number of aryl methyl sites for hydroxylation is 1. The highest BCUT2D eigenvalue weighted by Crippen LogP contribution is 2.43. The molecule has 2 nitrogen and oxygen atoms in total. The van der Waals surface area contributed by atoms with Gasteiger partial charge in [0, 0.05) is 41.2 Å². The van der Waals surface area contributed by atoms with Crippen molar-refractivity contribution in [2.24, 2.45) is 0 Å². The van der Waals surface area contributed by atoms with E-state index in [0.717, 1.165) is 5.69 Å². The summed E-state index contributed by atoms with van der Waals surface area (Å²) in [6.45, 7) is 4.51. The molecule has 0 aromatic carbocycles. The molecule has 1 saturated carbocycles. The first-order valence-electron chi connectivity index (χ1n) is 7.09. The van der Waals surface area contributed by atoms with Crippen LogP contribution >= 0.6 is 11.8 Å². The number of nitrogens with zero attached hydrogens (tertiary/aromatic N) is 2. The van der Waals surface area contributed by atoms with Crippen molar-refractivity contribution in [1.29, 1.82) is 0 Å². The monoisotopic (exact) mass is 262 g/mol. The lowest BCUT2D eigenvalue weighted by atomic mass is 9.87. The van der Waals surface area contributed by atoms with E-state index < -0.39 is 0 Å². The van der Waals surface area contributed by atoms with Crippen molar-refractivity contribution in [2.45, 2.75) is 43.8 Å². The van der Waals surface area contributed by atoms with Crippen molar-refractivity contribution in [3.05, 3.63) is 24.0 Å². The molecule has 3 rings (SSSR count). The second-order valence-electron chi connectivity index (χ2n) is 5.67. The summed E-state index contributed by atoms with van der Waals surface area (Å²) in [4.78, 5) is 6.89. The highest BCUT2D eigenvalue weighted by molar-refractivity contribution is 8.00. The van der Waals surface area contributed by atoms with Gasteiger partial charge in [-0.15, -0.1) is 0 Å². The summed E-state index contributed by atoms with van der Waals surface area (Å²) < 4.78 is 0.549. The van der Waals surface area contributed by atoms with Crippen LogP contribution in [0.15, 0.2) is 18.3 Å². The first-order chi connectivity index (χ1) is 8.77. The lowest BCUT2D eigenvalue weighted by Crippen LogP contribution is -2.47. The Kier molecular flexibility index (Phi) is 3.51. The van der Waals surface area contributed by atoms with Crippen LogP contribution in [0.1, 0.15) is 37.8 Å². The maximum Gasteiger partial charge on any atom is 0.0400 e. The van der Waals surface area contributed by atoms with Crippen LogP contribution in [-0.4, -0.2) is 28.6 Å². The second kappa shape index (κ2) is 5.12. The third-order valence-corrected chi connectivity index (χ3v) is 5.80. The average molecular weight is 262 g/mol. The van der Waals surface area contributed by atoms with Crippen molar-refractivity contribution < 1.29 is 0 Å². The predicted molar refractivity (Wildman–Crippen MR) is 79.5 cm³/mol. The van der Waals surface area contributed by atoms with Gasteiger partial charge in [0.1, 0.15) is 0 Å². The van der Waals surface area contributed by atoms with Gasteiger partial charge >= 0.3 is 0 Å². The van der Waals surface area contributed by atoms with E-state index in [2.05, 4.69) is 40.7 Å². The molecule has 0 unspecified atom stereocenters. The first kappa shape index (κ1) is 12.3. The Labute approximate surface area is 114 Å². The third-order valence-electron chi connectivity index (χ3n) is 4.26. The zero-order valence-corrected chi connectivity index (χ0v) is 12.0. The summed E-state index contributed by atoms with van der Waals surface area (Å²) in [5.41, 5.74) is 2.50. The second-order valence-corrected chi connectivity index (χ2v) is 7.23. The fourth-order valence-corrected chi connectivity index (χ4v) is 4.86. The lowest BCUT2D eigenvalue weighted by Gasteiger charge is -2.45. The minimum atomic E-state index is 0.549. The van der Waals surface area contributed by atoms with Crippen LogP contribution in [0.25, 0.3) is 0 Å². The highest BCUT2D eigenvalue weighted by Gasteiger charge is 2.37. The van der Waals surface area contributed by atoms with E-state index in [9.17, 15) is 0 Å². The number of rotatable bonds is 1. The number of hydrogen-bond donors (Lipinski definition) is 0. The smallest absolute Gasteiger partial charge is 0.0400 e. The van der Waals surface area contributed by atoms with Crippen molar-refractivity contribution in [2.75, 3.05) is 23.7 Å². The average Bonchev–Trinajstić information content (AvgIpc) is 2.40. The maximum absolute atomic E-state index is 4.31. The third kappa shape index (κ3) is 2.51. The van der Waals surface area contributed by atoms with E-state index in [1.807, 2.05) is 6.20 Å². The molecule has 1 spiro atoms. The fraction of sp³-hybridized carbons (Fsp3) is 0.667. The number of anilines is 1. The Morgan fingerprint density at radius 3 is 2.89 bits per heavy atom. The van der Waals surface area contributed by atoms with E-state index in [1.165, 1.54) is 56.6 Å². The molecule has 18 heavy (non-hydrogen) atoms. The maximum atomic E-state index is 4.31. The number of aromatic nitrogens is 1. The Morgan fingerprint density at radius 1 is 1.28 bits per heavy atom. The van der Waals surface area contributed by atoms with Gasteiger partial charge in [-0.1, -0.05) is 19.3 Å². The molecule has 0 bridgehead atoms. The molecule has 0 atom stereocenters. The Morgan fingerprint density at radius 2 is 2.11 bits per heavy atom. The van der Waals surface area contributed by atoms with Crippen LogP contribution in [0.4, 0.5) is 5.69 Å². The molecule has 1 aliphatic carbocycles. The summed E-state index contributed by atoms with van der Waals surface area (Å²) >= 11 is 2.23. The Balaban J connectivity index is 1.77. The highest BCUT2D eigenvalue weighted by atomic mass is 32.2. The number of hydrogen-bond acceptors (Lipinski definition) is 3. The largest absolute Gasteiger partial charge is 0.369 e. The Hall–Kier alpha value is -0.700. The molecule has 3 heteroatoms. The molecule has 0 N–H and O–H groups in total. The van der Waals surface area contributed by atoms with Crippen LogP contribution in [0.2, 0.25) is 0 Å². The fourth-order valence-electron chi connectivity index (χ4n) is 3.29. The normalized spacial score (nSPS) is 23.3. The molecule has 98 valence electrons. The minimum absolute atomic E-state index is 0.549. The number of pyridine rings is 1. The minimum Gasteiger partial charge on any atom is -0.369 e. The Bertz CT molecular complexity index is 407. The SMILES string of the molecule is Cc1cc(N2CCSC3(CCCCC3)C2)ccn1. The quantitative estimate of drug-likeness (QED) is 0.768. The molecule has 2 heterocycles. The molecular weight excluding hydrogens is 240 g/mol. The first-order valence-corrected chi connectivity index (χ1v) is 8.08. The number of thioether (sulfide) groups is 1. The molecule has 1 saturated heterocycles. The topological polar surface area (TPSA) is 16.1 Å². The van der Waals surface area contributed by atoms with Crippen LogP contribution in [0.5, 0.6) is 0 Å². The molecule has 1 aromatic heterocycles. The van der Waals surface area contributed by atoms with E-state index in [-0.39, 0.29) is 0 Å². The van der Waals surface area contributed by atoms with Crippen LogP contribution in [0, 0.1) is 6.92 Å². The molecule has 0 amide bonds. The summed E-state index contributed by atoms with van der Waals surface area (Å²) in [5, 5.41) is 0. The van der Waals surface area contributed by atoms with E-state index in [1.54, 1.807) is 0 Å². The standard InChI is InChI=1S/C15H22N2S/c1-13-11-14(5-8-16-13)17-9-10-18-15(12-17)6-3-2-4-7-15/h5,8,11H,2-4,6-7,9-10,12H2,1H3. The molecule has 1 aliphatic heterocycles. The summed E-state index contributed by atoms with van der Waals surface area (Å²) in [6.07, 6.45) is 9.07. The zero-order valence-electron chi connectivity index (χ0n) is 11.2. The lowest BCUT2D eigenvalue weighted by molar-refractivity contribution is 0.391. The molecule has 2 fully saturated rings. The van der Waals surface area contributed by atoms with Gasteiger partial charge in [0.25, 0.3) is 0 Å². The van der Waals surface area contributed by atoms with Crippen molar-refractivity contribution in [1.82, 2.24) is 4.98 Å². The van der Waals surface area contributed by atoms with E-state index in [0.29, 0.717) is 4.75 Å². The predicted octanol–water partition coefficient (Wildman–Crippen LogP) is 3.65. The summed E-state index contributed by atoms with van der Waals surface area (Å²) in [5.74, 6) is 1.28.